The molecule has 0 radical (unpaired) electrons. The Morgan fingerprint density at radius 2 is 1.93 bits per heavy atom. The normalized spacial score (nSPS) is 14.4. The third-order valence-corrected chi connectivity index (χ3v) is 1.80. The van der Waals surface area contributed by atoms with Crippen LogP contribution < -0.4 is 0 Å². The van der Waals surface area contributed by atoms with Crippen LogP contribution in [-0.4, -0.2) is 30.6 Å². The van der Waals surface area contributed by atoms with E-state index < -0.39 is 18.7 Å². The standard InChI is InChI=1S/C9H17F3O2/c1-2-14-7-5-8(13)4-3-6-9(10,11)12/h8,13H,2-7H2,1H3. The van der Waals surface area contributed by atoms with Gasteiger partial charge < -0.3 is 9.84 Å². The molecule has 1 unspecified atom stereocenters. The first-order valence-corrected chi connectivity index (χ1v) is 4.78. The molecule has 0 aromatic carbocycles. The lowest BCUT2D eigenvalue weighted by atomic mass is 10.1. The first-order valence-electron chi connectivity index (χ1n) is 4.78. The quantitative estimate of drug-likeness (QED) is 0.660. The van der Waals surface area contributed by atoms with Gasteiger partial charge in [-0.25, -0.2) is 0 Å². The van der Waals surface area contributed by atoms with Crippen LogP contribution >= 0.6 is 0 Å². The van der Waals surface area contributed by atoms with Crippen molar-refractivity contribution in [3.8, 4) is 0 Å². The van der Waals surface area contributed by atoms with Crippen molar-refractivity contribution < 1.29 is 23.0 Å². The predicted molar refractivity (Wildman–Crippen MR) is 47.0 cm³/mol. The van der Waals surface area contributed by atoms with Crippen LogP contribution in [0.1, 0.15) is 32.6 Å². The molecule has 5 heteroatoms. The number of hydrogen-bond acceptors (Lipinski definition) is 2. The Kier molecular flexibility index (Phi) is 6.92. The molecule has 0 aliphatic carbocycles. The molecule has 0 rings (SSSR count). The smallest absolute Gasteiger partial charge is 0.389 e. The zero-order valence-electron chi connectivity index (χ0n) is 8.31. The lowest BCUT2D eigenvalue weighted by molar-refractivity contribution is -0.136. The van der Waals surface area contributed by atoms with Crippen LogP contribution in [0.15, 0.2) is 0 Å². The molecule has 0 heterocycles. The molecule has 0 aliphatic rings. The molecule has 1 N–H and O–H groups in total. The highest BCUT2D eigenvalue weighted by atomic mass is 19.4. The molecule has 14 heavy (non-hydrogen) atoms. The van der Waals surface area contributed by atoms with Crippen LogP contribution in [0.4, 0.5) is 13.2 Å². The molecular formula is C9H17F3O2. The van der Waals surface area contributed by atoms with E-state index in [0.717, 1.165) is 0 Å². The monoisotopic (exact) mass is 214 g/mol. The highest BCUT2D eigenvalue weighted by Gasteiger charge is 2.26. The van der Waals surface area contributed by atoms with E-state index in [1.165, 1.54) is 0 Å². The summed E-state index contributed by atoms with van der Waals surface area (Å²) in [6.07, 6.45) is -5.03. The van der Waals surface area contributed by atoms with E-state index in [-0.39, 0.29) is 12.8 Å². The first kappa shape index (κ1) is 13.7. The number of rotatable bonds is 7. The average Bonchev–Trinajstić information content (AvgIpc) is 2.02. The summed E-state index contributed by atoms with van der Waals surface area (Å²) in [6.45, 7) is 2.80. The summed E-state index contributed by atoms with van der Waals surface area (Å²) in [4.78, 5) is 0. The molecule has 86 valence electrons. The highest BCUT2D eigenvalue weighted by molar-refractivity contribution is 4.58. The molecule has 2 nitrogen and oxygen atoms in total. The molecule has 0 aliphatic heterocycles. The second kappa shape index (κ2) is 7.06. The van der Waals surface area contributed by atoms with E-state index in [1.807, 2.05) is 6.92 Å². The number of ether oxygens (including phenoxy) is 1. The van der Waals surface area contributed by atoms with Crippen molar-refractivity contribution in [2.24, 2.45) is 0 Å². The Morgan fingerprint density at radius 1 is 1.29 bits per heavy atom. The Morgan fingerprint density at radius 3 is 2.43 bits per heavy atom. The van der Waals surface area contributed by atoms with Crippen LogP contribution in [0, 0.1) is 0 Å². The molecule has 0 aromatic heterocycles. The summed E-state index contributed by atoms with van der Waals surface area (Å²) in [6, 6.07) is 0. The summed E-state index contributed by atoms with van der Waals surface area (Å²) >= 11 is 0. The summed E-state index contributed by atoms with van der Waals surface area (Å²) in [5.74, 6) is 0. The van der Waals surface area contributed by atoms with Crippen molar-refractivity contribution in [3.63, 3.8) is 0 Å². The summed E-state index contributed by atoms with van der Waals surface area (Å²) in [5.41, 5.74) is 0. The minimum absolute atomic E-state index is 0.0171. The van der Waals surface area contributed by atoms with E-state index in [4.69, 9.17) is 4.74 Å². The van der Waals surface area contributed by atoms with Crippen molar-refractivity contribution >= 4 is 0 Å². The van der Waals surface area contributed by atoms with E-state index in [0.29, 0.717) is 19.6 Å². The van der Waals surface area contributed by atoms with Crippen molar-refractivity contribution in [3.05, 3.63) is 0 Å². The topological polar surface area (TPSA) is 29.5 Å². The van der Waals surface area contributed by atoms with Crippen LogP contribution in [-0.2, 0) is 4.74 Å². The fraction of sp³-hybridized carbons (Fsp3) is 1.00. The van der Waals surface area contributed by atoms with Crippen LogP contribution in [0.3, 0.4) is 0 Å². The number of halogens is 3. The molecular weight excluding hydrogens is 197 g/mol. The lowest BCUT2D eigenvalue weighted by Gasteiger charge is -2.11. The van der Waals surface area contributed by atoms with Crippen LogP contribution in [0.5, 0.6) is 0 Å². The second-order valence-corrected chi connectivity index (χ2v) is 3.15. The Hall–Kier alpha value is -0.290. The van der Waals surface area contributed by atoms with Crippen molar-refractivity contribution in [1.29, 1.82) is 0 Å². The van der Waals surface area contributed by atoms with E-state index in [9.17, 15) is 18.3 Å². The van der Waals surface area contributed by atoms with Gasteiger partial charge in [-0.1, -0.05) is 0 Å². The first-order chi connectivity index (χ1) is 6.45. The second-order valence-electron chi connectivity index (χ2n) is 3.15. The maximum Gasteiger partial charge on any atom is 0.389 e. The third kappa shape index (κ3) is 9.80. The fourth-order valence-electron chi connectivity index (χ4n) is 1.05. The summed E-state index contributed by atoms with van der Waals surface area (Å²) < 4.78 is 40.1. The van der Waals surface area contributed by atoms with Gasteiger partial charge in [-0.15, -0.1) is 0 Å². The zero-order valence-corrected chi connectivity index (χ0v) is 8.31. The molecule has 0 fully saturated rings. The summed E-state index contributed by atoms with van der Waals surface area (Å²) in [5, 5.41) is 9.23. The maximum absolute atomic E-state index is 11.7. The SMILES string of the molecule is CCOCCC(O)CCCC(F)(F)F. The molecule has 0 amide bonds. The van der Waals surface area contributed by atoms with Gasteiger partial charge >= 0.3 is 6.18 Å². The van der Waals surface area contributed by atoms with Gasteiger partial charge in [-0.2, -0.15) is 13.2 Å². The van der Waals surface area contributed by atoms with Gasteiger partial charge in [0.15, 0.2) is 0 Å². The van der Waals surface area contributed by atoms with Gasteiger partial charge in [0.25, 0.3) is 0 Å². The molecule has 0 bridgehead atoms. The van der Waals surface area contributed by atoms with Gasteiger partial charge in [-0.3, -0.25) is 0 Å². The zero-order chi connectivity index (χ0) is 11.0. The fourth-order valence-corrected chi connectivity index (χ4v) is 1.05. The van der Waals surface area contributed by atoms with Gasteiger partial charge in [0.2, 0.25) is 0 Å². The van der Waals surface area contributed by atoms with Crippen molar-refractivity contribution in [2.45, 2.75) is 44.9 Å². The minimum atomic E-state index is -4.11. The minimum Gasteiger partial charge on any atom is -0.393 e. The highest BCUT2D eigenvalue weighted by Crippen LogP contribution is 2.22. The van der Waals surface area contributed by atoms with Crippen molar-refractivity contribution in [1.82, 2.24) is 0 Å². The Labute approximate surface area is 82.1 Å². The van der Waals surface area contributed by atoms with Gasteiger partial charge in [-0.05, 0) is 26.2 Å². The number of hydrogen-bond donors (Lipinski definition) is 1. The summed E-state index contributed by atoms with van der Waals surface area (Å²) in [7, 11) is 0. The third-order valence-electron chi connectivity index (χ3n) is 1.80. The number of aliphatic hydroxyl groups is 1. The maximum atomic E-state index is 11.7. The lowest BCUT2D eigenvalue weighted by Crippen LogP contribution is -2.13. The van der Waals surface area contributed by atoms with E-state index >= 15 is 0 Å². The predicted octanol–water partition coefficient (Wildman–Crippen LogP) is 2.51. The van der Waals surface area contributed by atoms with E-state index in [2.05, 4.69) is 0 Å². The van der Waals surface area contributed by atoms with Gasteiger partial charge in [0, 0.05) is 19.6 Å². The van der Waals surface area contributed by atoms with Crippen LogP contribution in [0.2, 0.25) is 0 Å². The number of aliphatic hydroxyl groups excluding tert-OH is 1. The van der Waals surface area contributed by atoms with Crippen LogP contribution in [0.25, 0.3) is 0 Å². The average molecular weight is 214 g/mol. The van der Waals surface area contributed by atoms with Gasteiger partial charge in [0.05, 0.1) is 6.10 Å². The van der Waals surface area contributed by atoms with Gasteiger partial charge in [0.1, 0.15) is 0 Å². The largest absolute Gasteiger partial charge is 0.393 e. The molecule has 0 saturated carbocycles. The number of alkyl halides is 3. The molecule has 0 aromatic rings. The molecule has 1 atom stereocenters. The molecule has 0 saturated heterocycles. The molecule has 0 spiro atoms. The van der Waals surface area contributed by atoms with Crippen molar-refractivity contribution in [2.75, 3.05) is 13.2 Å². The Bertz CT molecular complexity index is 137. The van der Waals surface area contributed by atoms with E-state index in [1.54, 1.807) is 0 Å². The Balaban J connectivity index is 3.31.